The van der Waals surface area contributed by atoms with Crippen LogP contribution in [0.5, 0.6) is 0 Å². The summed E-state index contributed by atoms with van der Waals surface area (Å²) in [4.78, 5) is 0. The molecule has 0 atom stereocenters. The first-order valence-corrected chi connectivity index (χ1v) is 9.07. The second-order valence-electron chi connectivity index (χ2n) is 6.50. The first kappa shape index (κ1) is 17.3. The molecular formula is C26H21O. The van der Waals surface area contributed by atoms with E-state index in [1.807, 2.05) is 18.2 Å². The molecule has 0 aliphatic heterocycles. The molecule has 0 N–H and O–H groups in total. The van der Waals surface area contributed by atoms with E-state index in [4.69, 9.17) is 4.74 Å². The molecule has 4 rings (SSSR count). The molecule has 0 heterocycles. The van der Waals surface area contributed by atoms with Gasteiger partial charge < -0.3 is 4.74 Å². The minimum absolute atomic E-state index is 0.462. The Labute approximate surface area is 160 Å². The molecule has 0 amide bonds. The number of ether oxygens (including phenoxy) is 1. The number of hydrogen-bond donors (Lipinski definition) is 0. The van der Waals surface area contributed by atoms with Crippen molar-refractivity contribution in [2.75, 3.05) is 0 Å². The van der Waals surface area contributed by atoms with E-state index in [2.05, 4.69) is 92.0 Å². The summed E-state index contributed by atoms with van der Waals surface area (Å²) in [6.07, 6.45) is 0. The minimum atomic E-state index is 0.462. The van der Waals surface area contributed by atoms with Crippen LogP contribution in [-0.4, -0.2) is 0 Å². The van der Waals surface area contributed by atoms with Gasteiger partial charge in [0.25, 0.3) is 0 Å². The fourth-order valence-electron chi connectivity index (χ4n) is 3.48. The molecule has 0 unspecified atom stereocenters. The van der Waals surface area contributed by atoms with Crippen molar-refractivity contribution in [2.45, 2.75) is 6.61 Å². The number of benzene rings is 4. The van der Waals surface area contributed by atoms with Crippen LogP contribution in [0, 0.1) is 7.11 Å². The van der Waals surface area contributed by atoms with E-state index < -0.39 is 0 Å². The van der Waals surface area contributed by atoms with Crippen molar-refractivity contribution in [3.8, 4) is 33.4 Å². The van der Waals surface area contributed by atoms with Gasteiger partial charge in [-0.15, -0.1) is 0 Å². The molecular weight excluding hydrogens is 328 g/mol. The zero-order valence-corrected chi connectivity index (χ0v) is 15.1. The lowest BCUT2D eigenvalue weighted by atomic mass is 9.88. The molecule has 1 radical (unpaired) electrons. The van der Waals surface area contributed by atoms with Gasteiger partial charge in [0, 0.05) is 0 Å². The molecule has 131 valence electrons. The quantitative estimate of drug-likeness (QED) is 0.377. The molecule has 0 aromatic heterocycles. The van der Waals surface area contributed by atoms with E-state index in [9.17, 15) is 0 Å². The summed E-state index contributed by atoms with van der Waals surface area (Å²) >= 11 is 0. The van der Waals surface area contributed by atoms with Crippen molar-refractivity contribution in [3.05, 3.63) is 116 Å². The fourth-order valence-corrected chi connectivity index (χ4v) is 3.48. The van der Waals surface area contributed by atoms with Crippen molar-refractivity contribution < 1.29 is 4.74 Å². The SMILES string of the molecule is [CH2]OCc1c(-c2ccccc2)cc(-c2ccccc2)cc1-c1ccccc1. The van der Waals surface area contributed by atoms with Gasteiger partial charge in [-0.2, -0.15) is 0 Å². The Hall–Kier alpha value is -3.16. The lowest BCUT2D eigenvalue weighted by molar-refractivity contribution is 0.230. The van der Waals surface area contributed by atoms with Crippen LogP contribution in [0.25, 0.3) is 33.4 Å². The van der Waals surface area contributed by atoms with Crippen LogP contribution in [0.15, 0.2) is 103 Å². The lowest BCUT2D eigenvalue weighted by Gasteiger charge is -2.18. The largest absolute Gasteiger partial charge is 0.374 e. The molecule has 0 bridgehead atoms. The summed E-state index contributed by atoms with van der Waals surface area (Å²) in [5.41, 5.74) is 8.27. The van der Waals surface area contributed by atoms with Crippen molar-refractivity contribution >= 4 is 0 Å². The predicted octanol–water partition coefficient (Wildman–Crippen LogP) is 7.00. The third kappa shape index (κ3) is 3.69. The van der Waals surface area contributed by atoms with Gasteiger partial charge in [0.05, 0.1) is 13.7 Å². The molecule has 0 fully saturated rings. The molecule has 0 aliphatic carbocycles. The first-order chi connectivity index (χ1) is 13.4. The van der Waals surface area contributed by atoms with Gasteiger partial charge in [-0.25, -0.2) is 0 Å². The van der Waals surface area contributed by atoms with E-state index in [0.717, 1.165) is 5.56 Å². The summed E-state index contributed by atoms with van der Waals surface area (Å²) in [6, 6.07) is 36.0. The van der Waals surface area contributed by atoms with Crippen molar-refractivity contribution in [3.63, 3.8) is 0 Å². The average Bonchev–Trinajstić information content (AvgIpc) is 2.76. The number of hydrogen-bond acceptors (Lipinski definition) is 1. The van der Waals surface area contributed by atoms with Crippen LogP contribution >= 0.6 is 0 Å². The Bertz CT molecular complexity index is 945. The zero-order chi connectivity index (χ0) is 18.5. The maximum atomic E-state index is 5.35. The van der Waals surface area contributed by atoms with Gasteiger partial charge >= 0.3 is 0 Å². The van der Waals surface area contributed by atoms with E-state index in [1.54, 1.807) is 0 Å². The highest BCUT2D eigenvalue weighted by molar-refractivity contribution is 5.85. The van der Waals surface area contributed by atoms with Gasteiger partial charge in [0.1, 0.15) is 0 Å². The third-order valence-electron chi connectivity index (χ3n) is 4.77. The van der Waals surface area contributed by atoms with Crippen LogP contribution in [-0.2, 0) is 11.3 Å². The maximum absolute atomic E-state index is 5.35. The molecule has 27 heavy (non-hydrogen) atoms. The van der Waals surface area contributed by atoms with Crippen LogP contribution < -0.4 is 0 Å². The molecule has 4 aromatic carbocycles. The highest BCUT2D eigenvalue weighted by Gasteiger charge is 2.15. The van der Waals surface area contributed by atoms with E-state index >= 15 is 0 Å². The van der Waals surface area contributed by atoms with Gasteiger partial charge in [-0.3, -0.25) is 0 Å². The Morgan fingerprint density at radius 3 is 1.33 bits per heavy atom. The molecule has 4 aromatic rings. The average molecular weight is 349 g/mol. The summed E-state index contributed by atoms with van der Waals surface area (Å²) in [7, 11) is 3.63. The van der Waals surface area contributed by atoms with E-state index in [1.165, 1.54) is 33.4 Å². The Balaban J connectivity index is 2.01. The Morgan fingerprint density at radius 2 is 0.926 bits per heavy atom. The molecule has 1 nitrogen and oxygen atoms in total. The predicted molar refractivity (Wildman–Crippen MR) is 113 cm³/mol. The number of rotatable bonds is 5. The Kier molecular flexibility index (Phi) is 5.13. The second-order valence-corrected chi connectivity index (χ2v) is 6.50. The normalized spacial score (nSPS) is 10.7. The summed E-state index contributed by atoms with van der Waals surface area (Å²) in [6.45, 7) is 0.462. The lowest BCUT2D eigenvalue weighted by Crippen LogP contribution is -1.97. The van der Waals surface area contributed by atoms with Crippen molar-refractivity contribution in [2.24, 2.45) is 0 Å². The molecule has 0 saturated carbocycles. The molecule has 1 heteroatoms. The standard InChI is InChI=1S/C26H21O/c1-27-19-26-24(21-13-7-3-8-14-21)17-23(20-11-5-2-6-12-20)18-25(26)22-15-9-4-10-16-22/h2-18H,1,19H2. The molecule has 0 saturated heterocycles. The maximum Gasteiger partial charge on any atom is 0.0730 e. The van der Waals surface area contributed by atoms with Crippen LogP contribution in [0.4, 0.5) is 0 Å². The monoisotopic (exact) mass is 349 g/mol. The van der Waals surface area contributed by atoms with Crippen LogP contribution in [0.3, 0.4) is 0 Å². The Morgan fingerprint density at radius 1 is 0.519 bits per heavy atom. The van der Waals surface area contributed by atoms with Crippen molar-refractivity contribution in [1.29, 1.82) is 0 Å². The highest BCUT2D eigenvalue weighted by Crippen LogP contribution is 2.37. The highest BCUT2D eigenvalue weighted by atomic mass is 16.5. The van der Waals surface area contributed by atoms with E-state index in [-0.39, 0.29) is 0 Å². The van der Waals surface area contributed by atoms with Gasteiger partial charge in [0.15, 0.2) is 0 Å². The minimum Gasteiger partial charge on any atom is -0.374 e. The van der Waals surface area contributed by atoms with Gasteiger partial charge in [0.2, 0.25) is 0 Å². The molecule has 0 spiro atoms. The zero-order valence-electron chi connectivity index (χ0n) is 15.1. The van der Waals surface area contributed by atoms with E-state index in [0.29, 0.717) is 6.61 Å². The van der Waals surface area contributed by atoms with Crippen LogP contribution in [0.2, 0.25) is 0 Å². The smallest absolute Gasteiger partial charge is 0.0730 e. The van der Waals surface area contributed by atoms with Gasteiger partial charge in [-0.1, -0.05) is 91.0 Å². The topological polar surface area (TPSA) is 9.23 Å². The molecule has 0 aliphatic rings. The fraction of sp³-hybridized carbons (Fsp3) is 0.0385. The third-order valence-corrected chi connectivity index (χ3v) is 4.77. The summed E-state index contributed by atoms with van der Waals surface area (Å²) < 4.78 is 5.35. The second kappa shape index (κ2) is 8.03. The van der Waals surface area contributed by atoms with Crippen LogP contribution in [0.1, 0.15) is 5.56 Å². The first-order valence-electron chi connectivity index (χ1n) is 9.07. The van der Waals surface area contributed by atoms with Crippen molar-refractivity contribution in [1.82, 2.24) is 0 Å². The van der Waals surface area contributed by atoms with Gasteiger partial charge in [-0.05, 0) is 51.1 Å². The summed E-state index contributed by atoms with van der Waals surface area (Å²) in [5.74, 6) is 0. The summed E-state index contributed by atoms with van der Waals surface area (Å²) in [5, 5.41) is 0.